The number of alkyl halides is 1. The van der Waals surface area contributed by atoms with Crippen LogP contribution >= 0.6 is 11.6 Å². The van der Waals surface area contributed by atoms with Gasteiger partial charge in [-0.25, -0.2) is 0 Å². The fourth-order valence-electron chi connectivity index (χ4n) is 1.08. The van der Waals surface area contributed by atoms with Gasteiger partial charge in [0.2, 0.25) is 0 Å². The molecule has 25 heavy (non-hydrogen) atoms. The smallest absolute Gasteiger partial charge is 0.384 e. The minimum Gasteiger partial charge on any atom is -0.384 e. The summed E-state index contributed by atoms with van der Waals surface area (Å²) < 4.78 is 14.5. The zero-order chi connectivity index (χ0) is 19.8. The van der Waals surface area contributed by atoms with E-state index in [1.165, 1.54) is 11.3 Å². The Hall–Kier alpha value is 0.440. The van der Waals surface area contributed by atoms with Crippen LogP contribution in [0.5, 0.6) is 0 Å². The number of nitrogens with zero attached hydrogens (tertiary/aromatic N) is 3. The summed E-state index contributed by atoms with van der Waals surface area (Å²) in [5.74, 6) is 2.41. The molecular weight excluding hydrogens is 355 g/mol. The van der Waals surface area contributed by atoms with Crippen molar-refractivity contribution in [1.82, 2.24) is 0 Å². The average molecular weight is 393 g/mol. The maximum Gasteiger partial charge on any atom is 1.00 e. The Labute approximate surface area is 182 Å². The van der Waals surface area contributed by atoms with Crippen molar-refractivity contribution >= 4 is 11.6 Å². The summed E-state index contributed by atoms with van der Waals surface area (Å²) >= 11 is 5.45. The van der Waals surface area contributed by atoms with E-state index in [4.69, 9.17) is 42.6 Å². The van der Waals surface area contributed by atoms with E-state index in [1.807, 2.05) is 0 Å². The molecule has 3 unspecified atom stereocenters. The molecule has 9 heteroatoms. The number of halogens is 1. The predicted molar refractivity (Wildman–Crippen MR) is 103 cm³/mol. The first kappa shape index (κ1) is 36.4. The van der Waals surface area contributed by atoms with Crippen LogP contribution in [0.2, 0.25) is 0 Å². The molecule has 0 heterocycles. The van der Waals surface area contributed by atoms with Crippen LogP contribution in [0, 0.1) is 17.8 Å². The number of methoxy groups -OCH3 is 3. The van der Waals surface area contributed by atoms with Crippen LogP contribution in [0.4, 0.5) is 0 Å². The minimum atomic E-state index is 0. The Bertz CT molecular complexity index is 221. The SMILES string of the molecule is CCC(C)COC.COCC(C)CCl.COCC(C)CN.[N-]=[N+]=[N-].[Na+]. The van der Waals surface area contributed by atoms with Crippen LogP contribution in [0.1, 0.15) is 34.1 Å². The summed E-state index contributed by atoms with van der Waals surface area (Å²) in [5, 5.41) is 0. The number of rotatable bonds is 9. The van der Waals surface area contributed by atoms with Crippen molar-refractivity contribution in [3.63, 3.8) is 0 Å². The normalized spacial score (nSPS) is 12.2. The number of hydrogen-bond acceptors (Lipinski definition) is 4. The molecule has 0 aromatic heterocycles. The summed E-state index contributed by atoms with van der Waals surface area (Å²) in [4.78, 5) is 1.50. The molecule has 3 atom stereocenters. The molecule has 148 valence electrons. The van der Waals surface area contributed by atoms with E-state index in [2.05, 4.69) is 27.7 Å². The van der Waals surface area contributed by atoms with E-state index < -0.39 is 0 Å². The standard InChI is InChI=1S/C6H14O.C5H11ClO.C5H13NO.N3.Na/c1-4-6(2)5-7-3;2*1-5(3-6)4-7-2;1-3-2;/h6H,4-5H2,1-3H3;5H,3-4H2,1-2H3;5H,3-4,6H2,1-2H3;;/q;;;-1;+1. The molecule has 0 aliphatic carbocycles. The monoisotopic (exact) mass is 392 g/mol. The van der Waals surface area contributed by atoms with Gasteiger partial charge in [0, 0.05) is 47.0 Å². The van der Waals surface area contributed by atoms with Crippen LogP contribution in [0.15, 0.2) is 0 Å². The van der Waals surface area contributed by atoms with E-state index in [9.17, 15) is 0 Å². The number of ether oxygens (including phenoxy) is 3. The van der Waals surface area contributed by atoms with E-state index in [1.54, 1.807) is 21.3 Å². The van der Waals surface area contributed by atoms with E-state index >= 15 is 0 Å². The first-order valence-corrected chi connectivity index (χ1v) is 8.59. The zero-order valence-electron chi connectivity index (χ0n) is 17.5. The van der Waals surface area contributed by atoms with Crippen molar-refractivity contribution in [1.29, 1.82) is 0 Å². The van der Waals surface area contributed by atoms with Crippen molar-refractivity contribution < 1.29 is 43.8 Å². The summed E-state index contributed by atoms with van der Waals surface area (Å²) in [6, 6.07) is 0. The summed E-state index contributed by atoms with van der Waals surface area (Å²) in [6.45, 7) is 11.6. The van der Waals surface area contributed by atoms with Crippen molar-refractivity contribution in [2.45, 2.75) is 34.1 Å². The molecule has 7 nitrogen and oxygen atoms in total. The fraction of sp³-hybridized carbons (Fsp3) is 1.00. The Balaban J connectivity index is -0.0000000727. The molecule has 0 rings (SSSR count). The second kappa shape index (κ2) is 35.5. The topological polar surface area (TPSA) is 112 Å². The first-order valence-electron chi connectivity index (χ1n) is 8.05. The Morgan fingerprint density at radius 2 is 1.20 bits per heavy atom. The largest absolute Gasteiger partial charge is 1.00 e. The van der Waals surface area contributed by atoms with Gasteiger partial charge < -0.3 is 31.0 Å². The van der Waals surface area contributed by atoms with Gasteiger partial charge in [-0.15, -0.1) is 11.6 Å². The van der Waals surface area contributed by atoms with Crippen molar-refractivity contribution in [3.8, 4) is 0 Å². The summed E-state index contributed by atoms with van der Waals surface area (Å²) in [6.07, 6.45) is 1.22. The van der Waals surface area contributed by atoms with E-state index in [0.29, 0.717) is 24.3 Å². The molecule has 2 N–H and O–H groups in total. The van der Waals surface area contributed by atoms with Gasteiger partial charge in [0.25, 0.3) is 0 Å². The zero-order valence-corrected chi connectivity index (χ0v) is 20.3. The van der Waals surface area contributed by atoms with E-state index in [-0.39, 0.29) is 29.6 Å². The van der Waals surface area contributed by atoms with E-state index in [0.717, 1.165) is 25.7 Å². The van der Waals surface area contributed by atoms with Crippen LogP contribution in [0.3, 0.4) is 0 Å². The first-order chi connectivity index (χ1) is 11.3. The third-order valence-corrected chi connectivity index (χ3v) is 3.24. The second-order valence-electron chi connectivity index (χ2n) is 5.57. The quantitative estimate of drug-likeness (QED) is 0.209. The van der Waals surface area contributed by atoms with Crippen LogP contribution in [-0.2, 0) is 14.2 Å². The fourth-order valence-corrected chi connectivity index (χ4v) is 1.17. The molecule has 0 aliphatic heterocycles. The molecule has 0 amide bonds. The van der Waals surface area contributed by atoms with Crippen LogP contribution < -0.4 is 35.3 Å². The van der Waals surface area contributed by atoms with Gasteiger partial charge in [0.05, 0.1) is 0 Å². The summed E-state index contributed by atoms with van der Waals surface area (Å²) in [7, 11) is 5.11. The predicted octanol–water partition coefficient (Wildman–Crippen LogP) is 1.28. The number of nitrogens with two attached hydrogens (primary N) is 1. The third-order valence-electron chi connectivity index (χ3n) is 2.72. The van der Waals surface area contributed by atoms with Gasteiger partial charge in [-0.3, -0.25) is 4.91 Å². The molecular formula is C16H38ClN4NaO3. The second-order valence-corrected chi connectivity index (χ2v) is 5.88. The molecule has 0 fully saturated rings. The van der Waals surface area contributed by atoms with Gasteiger partial charge in [-0.1, -0.05) is 34.1 Å². The minimum absolute atomic E-state index is 0. The Morgan fingerprint density at radius 1 is 0.880 bits per heavy atom. The molecule has 0 bridgehead atoms. The number of hydrogen-bond donors (Lipinski definition) is 1. The Morgan fingerprint density at radius 3 is 1.32 bits per heavy atom. The maximum atomic E-state index is 6.75. The Kier molecular flexibility index (Phi) is 51.7. The molecule has 0 aliphatic rings. The van der Waals surface area contributed by atoms with Gasteiger partial charge in [-0.05, 0) is 24.3 Å². The molecule has 0 aromatic rings. The van der Waals surface area contributed by atoms with Crippen molar-refractivity contribution in [2.24, 2.45) is 23.5 Å². The van der Waals surface area contributed by atoms with Gasteiger partial charge in [0.15, 0.2) is 0 Å². The van der Waals surface area contributed by atoms with Gasteiger partial charge in [0.1, 0.15) is 0 Å². The molecule has 0 aromatic carbocycles. The van der Waals surface area contributed by atoms with Crippen molar-refractivity contribution in [3.05, 3.63) is 16.0 Å². The van der Waals surface area contributed by atoms with Crippen molar-refractivity contribution in [2.75, 3.05) is 53.6 Å². The van der Waals surface area contributed by atoms with Crippen LogP contribution in [-0.4, -0.2) is 53.6 Å². The molecule has 0 radical (unpaired) electrons. The molecule has 0 spiro atoms. The maximum absolute atomic E-state index is 6.75. The van der Waals surface area contributed by atoms with Gasteiger partial charge >= 0.3 is 29.6 Å². The summed E-state index contributed by atoms with van der Waals surface area (Å²) in [5.41, 5.74) is 18.8. The van der Waals surface area contributed by atoms with Crippen LogP contribution in [0.25, 0.3) is 16.0 Å². The molecule has 0 saturated heterocycles. The average Bonchev–Trinajstić information content (AvgIpc) is 2.57. The van der Waals surface area contributed by atoms with Gasteiger partial charge in [-0.2, -0.15) is 0 Å². The third kappa shape index (κ3) is 51.6. The molecule has 0 saturated carbocycles.